The van der Waals surface area contributed by atoms with Crippen LogP contribution in [0.4, 0.5) is 17.1 Å². The molecule has 2 nitrogen and oxygen atoms in total. The molecule has 0 N–H and O–H groups in total. The van der Waals surface area contributed by atoms with Gasteiger partial charge in [-0.1, -0.05) is 23.7 Å². The molecule has 4 rings (SSSR count). The molecule has 0 bridgehead atoms. The highest BCUT2D eigenvalue weighted by Crippen LogP contribution is 2.45. The zero-order valence-corrected chi connectivity index (χ0v) is 11.4. The summed E-state index contributed by atoms with van der Waals surface area (Å²) in [5.41, 5.74) is 7.05. The summed E-state index contributed by atoms with van der Waals surface area (Å²) in [6.07, 6.45) is 1.05. The van der Waals surface area contributed by atoms with Crippen LogP contribution >= 0.6 is 11.6 Å². The van der Waals surface area contributed by atoms with Gasteiger partial charge in [-0.25, -0.2) is 0 Å². The Morgan fingerprint density at radius 3 is 2.95 bits per heavy atom. The van der Waals surface area contributed by atoms with Crippen LogP contribution in [0, 0.1) is 0 Å². The molecule has 0 fully saturated rings. The molecule has 2 aliphatic rings. The molecular weight excluding hydrogens is 256 g/mol. The lowest BCUT2D eigenvalue weighted by atomic mass is 10.0. The van der Waals surface area contributed by atoms with Gasteiger partial charge in [-0.05, 0) is 43.2 Å². The van der Waals surface area contributed by atoms with Crippen LogP contribution in [-0.2, 0) is 6.42 Å². The van der Waals surface area contributed by atoms with Crippen LogP contribution < -0.4 is 4.90 Å². The van der Waals surface area contributed by atoms with Gasteiger partial charge in [0.25, 0.3) is 0 Å². The Labute approximate surface area is 117 Å². The van der Waals surface area contributed by atoms with Crippen molar-refractivity contribution in [2.75, 3.05) is 11.4 Å². The molecule has 2 aromatic carbocycles. The first-order chi connectivity index (χ1) is 9.24. The molecule has 19 heavy (non-hydrogen) atoms. The zero-order valence-electron chi connectivity index (χ0n) is 10.7. The SMILES string of the molecule is CC1=Nc2ccccc2N2CCc3cc(Cl)cc1c32. The minimum atomic E-state index is 0.802. The summed E-state index contributed by atoms with van der Waals surface area (Å²) < 4.78 is 0. The molecule has 0 saturated heterocycles. The molecule has 0 amide bonds. The van der Waals surface area contributed by atoms with Crippen LogP contribution in [0.25, 0.3) is 0 Å². The molecule has 2 aromatic rings. The van der Waals surface area contributed by atoms with Crippen LogP contribution in [0.3, 0.4) is 0 Å². The molecular formula is C16H13ClN2. The lowest BCUT2D eigenvalue weighted by Gasteiger charge is -2.21. The molecule has 0 atom stereocenters. The normalized spacial score (nSPS) is 15.7. The van der Waals surface area contributed by atoms with Crippen LogP contribution in [0.2, 0.25) is 5.02 Å². The number of rotatable bonds is 0. The lowest BCUT2D eigenvalue weighted by Crippen LogP contribution is -2.14. The molecule has 0 aliphatic carbocycles. The van der Waals surface area contributed by atoms with Crippen molar-refractivity contribution >= 4 is 34.4 Å². The monoisotopic (exact) mass is 268 g/mol. The van der Waals surface area contributed by atoms with Crippen molar-refractivity contribution in [3.05, 3.63) is 52.5 Å². The first kappa shape index (κ1) is 11.1. The Morgan fingerprint density at radius 1 is 1.21 bits per heavy atom. The lowest BCUT2D eigenvalue weighted by molar-refractivity contribution is 0.999. The maximum atomic E-state index is 6.24. The van der Waals surface area contributed by atoms with Gasteiger partial charge in [0.1, 0.15) is 0 Å². The number of hydrogen-bond donors (Lipinski definition) is 0. The van der Waals surface area contributed by atoms with Crippen molar-refractivity contribution in [1.29, 1.82) is 0 Å². The van der Waals surface area contributed by atoms with Gasteiger partial charge in [0, 0.05) is 22.8 Å². The molecule has 0 aromatic heterocycles. The van der Waals surface area contributed by atoms with Crippen molar-refractivity contribution < 1.29 is 0 Å². The molecule has 0 spiro atoms. The fraction of sp³-hybridized carbons (Fsp3) is 0.188. The second-order valence-corrected chi connectivity index (χ2v) is 5.49. The molecule has 0 radical (unpaired) electrons. The summed E-state index contributed by atoms with van der Waals surface area (Å²) in [4.78, 5) is 7.14. The molecule has 2 heterocycles. The van der Waals surface area contributed by atoms with Crippen LogP contribution in [0.15, 0.2) is 41.4 Å². The second-order valence-electron chi connectivity index (χ2n) is 5.05. The van der Waals surface area contributed by atoms with E-state index in [1.54, 1.807) is 0 Å². The van der Waals surface area contributed by atoms with E-state index >= 15 is 0 Å². The zero-order chi connectivity index (χ0) is 13.0. The van der Waals surface area contributed by atoms with E-state index < -0.39 is 0 Å². The number of fused-ring (bicyclic) bond motifs is 2. The molecule has 2 aliphatic heterocycles. The van der Waals surface area contributed by atoms with Gasteiger partial charge in [-0.15, -0.1) is 0 Å². The Hall–Kier alpha value is -1.80. The van der Waals surface area contributed by atoms with E-state index in [-0.39, 0.29) is 0 Å². The number of aliphatic imine (C=N–C) groups is 1. The quantitative estimate of drug-likeness (QED) is 0.687. The summed E-state index contributed by atoms with van der Waals surface area (Å²) in [5.74, 6) is 0. The van der Waals surface area contributed by atoms with Crippen LogP contribution in [-0.4, -0.2) is 12.3 Å². The summed E-state index contributed by atoms with van der Waals surface area (Å²) in [6.45, 7) is 3.06. The Kier molecular flexibility index (Phi) is 2.24. The Bertz CT molecular complexity index is 719. The molecule has 0 saturated carbocycles. The average Bonchev–Trinajstić information content (AvgIpc) is 2.76. The summed E-state index contributed by atoms with van der Waals surface area (Å²) >= 11 is 6.24. The predicted molar refractivity (Wildman–Crippen MR) is 80.5 cm³/mol. The van der Waals surface area contributed by atoms with Crippen molar-refractivity contribution in [3.8, 4) is 0 Å². The molecule has 3 heteroatoms. The maximum absolute atomic E-state index is 6.24. The third kappa shape index (κ3) is 1.53. The number of anilines is 2. The predicted octanol–water partition coefficient (Wildman–Crippen LogP) is 4.49. The molecule has 94 valence electrons. The second kappa shape index (κ2) is 3.84. The summed E-state index contributed by atoms with van der Waals surface area (Å²) in [6, 6.07) is 12.4. The van der Waals surface area contributed by atoms with Gasteiger partial charge in [-0.3, -0.25) is 4.99 Å². The summed E-state index contributed by atoms with van der Waals surface area (Å²) in [5, 5.41) is 0.802. The van der Waals surface area contributed by atoms with Gasteiger partial charge < -0.3 is 4.90 Å². The van der Waals surface area contributed by atoms with E-state index in [2.05, 4.69) is 36.1 Å². The average molecular weight is 269 g/mol. The van der Waals surface area contributed by atoms with E-state index in [1.165, 1.54) is 16.9 Å². The fourth-order valence-electron chi connectivity index (χ4n) is 3.05. The highest BCUT2D eigenvalue weighted by Gasteiger charge is 2.28. The number of halogens is 1. The highest BCUT2D eigenvalue weighted by atomic mass is 35.5. The third-order valence-corrected chi connectivity index (χ3v) is 4.10. The van der Waals surface area contributed by atoms with Crippen LogP contribution in [0.1, 0.15) is 18.1 Å². The third-order valence-electron chi connectivity index (χ3n) is 3.88. The summed E-state index contributed by atoms with van der Waals surface area (Å²) in [7, 11) is 0. The van der Waals surface area contributed by atoms with Gasteiger partial charge in [0.15, 0.2) is 0 Å². The maximum Gasteiger partial charge on any atom is 0.0870 e. The highest BCUT2D eigenvalue weighted by molar-refractivity contribution is 6.31. The van der Waals surface area contributed by atoms with E-state index in [1.807, 2.05) is 12.1 Å². The largest absolute Gasteiger partial charge is 0.339 e. The first-order valence-corrected chi connectivity index (χ1v) is 6.86. The minimum Gasteiger partial charge on any atom is -0.339 e. The number of nitrogens with zero attached hydrogens (tertiary/aromatic N) is 2. The minimum absolute atomic E-state index is 0.802. The van der Waals surface area contributed by atoms with Gasteiger partial charge >= 0.3 is 0 Å². The van der Waals surface area contributed by atoms with E-state index in [0.717, 1.165) is 35.0 Å². The van der Waals surface area contributed by atoms with Gasteiger partial charge in [-0.2, -0.15) is 0 Å². The van der Waals surface area contributed by atoms with E-state index in [4.69, 9.17) is 16.6 Å². The van der Waals surface area contributed by atoms with Crippen molar-refractivity contribution in [1.82, 2.24) is 0 Å². The number of hydrogen-bond acceptors (Lipinski definition) is 2. The van der Waals surface area contributed by atoms with Gasteiger partial charge in [0.2, 0.25) is 0 Å². The van der Waals surface area contributed by atoms with E-state index in [0.29, 0.717) is 0 Å². The van der Waals surface area contributed by atoms with Crippen molar-refractivity contribution in [2.24, 2.45) is 4.99 Å². The number of para-hydroxylation sites is 2. The standard InChI is InChI=1S/C16H13ClN2/c1-10-13-9-12(17)8-11-6-7-19(16(11)13)15-5-3-2-4-14(15)18-10/h2-5,8-9H,6-7H2,1H3. The number of benzene rings is 2. The van der Waals surface area contributed by atoms with Crippen molar-refractivity contribution in [3.63, 3.8) is 0 Å². The molecule has 0 unspecified atom stereocenters. The Balaban J connectivity index is 2.09. The Morgan fingerprint density at radius 2 is 2.05 bits per heavy atom. The van der Waals surface area contributed by atoms with E-state index in [9.17, 15) is 0 Å². The first-order valence-electron chi connectivity index (χ1n) is 6.49. The van der Waals surface area contributed by atoms with Gasteiger partial charge in [0.05, 0.1) is 17.1 Å². The fourth-order valence-corrected chi connectivity index (χ4v) is 3.29. The topological polar surface area (TPSA) is 15.6 Å². The smallest absolute Gasteiger partial charge is 0.0870 e. The van der Waals surface area contributed by atoms with Crippen LogP contribution in [0.5, 0.6) is 0 Å². The van der Waals surface area contributed by atoms with Crippen molar-refractivity contribution in [2.45, 2.75) is 13.3 Å².